The van der Waals surface area contributed by atoms with Crippen LogP contribution >= 0.6 is 11.6 Å². The molecule has 0 atom stereocenters. The van der Waals surface area contributed by atoms with Crippen molar-refractivity contribution in [3.63, 3.8) is 0 Å². The van der Waals surface area contributed by atoms with Gasteiger partial charge in [0.05, 0.1) is 11.4 Å². The number of nitrogens with zero attached hydrogens (tertiary/aromatic N) is 2. The zero-order valence-corrected chi connectivity index (χ0v) is 13.1. The van der Waals surface area contributed by atoms with Crippen LogP contribution < -0.4 is 5.32 Å². The van der Waals surface area contributed by atoms with Gasteiger partial charge in [0.2, 0.25) is 0 Å². The minimum atomic E-state index is 0.654. The number of rotatable bonds is 2. The van der Waals surface area contributed by atoms with Crippen LogP contribution in [0.15, 0.2) is 18.2 Å². The Morgan fingerprint density at radius 1 is 1.29 bits per heavy atom. The summed E-state index contributed by atoms with van der Waals surface area (Å²) in [6, 6.07) is 6.19. The van der Waals surface area contributed by atoms with Gasteiger partial charge in [-0.3, -0.25) is 0 Å². The van der Waals surface area contributed by atoms with Crippen LogP contribution in [0.2, 0.25) is 5.02 Å². The number of hydrogen-bond donors (Lipinski definition) is 1. The maximum atomic E-state index is 6.29. The number of fused-ring (bicyclic) bond motifs is 1. The third-order valence-electron chi connectivity index (χ3n) is 4.82. The second-order valence-electron chi connectivity index (χ2n) is 6.22. The lowest BCUT2D eigenvalue weighted by atomic mass is 9.99. The van der Waals surface area contributed by atoms with E-state index < -0.39 is 0 Å². The summed E-state index contributed by atoms with van der Waals surface area (Å²) in [5, 5.41) is 9.26. The Bertz CT molecular complexity index is 684. The van der Waals surface area contributed by atoms with Crippen LogP contribution in [0.25, 0.3) is 5.69 Å². The predicted octanol–water partition coefficient (Wildman–Crippen LogP) is 4.46. The third kappa shape index (κ3) is 2.15. The zero-order chi connectivity index (χ0) is 14.4. The first kappa shape index (κ1) is 13.2. The molecule has 1 saturated carbocycles. The van der Waals surface area contributed by atoms with E-state index in [4.69, 9.17) is 16.7 Å². The fraction of sp³-hybridized carbons (Fsp3) is 0.471. The zero-order valence-electron chi connectivity index (χ0n) is 12.3. The van der Waals surface area contributed by atoms with E-state index in [0.717, 1.165) is 29.2 Å². The first-order valence-electron chi connectivity index (χ1n) is 7.86. The molecule has 0 radical (unpaired) electrons. The molecular formula is C17H20ClN3. The van der Waals surface area contributed by atoms with Crippen molar-refractivity contribution in [1.82, 2.24) is 9.78 Å². The van der Waals surface area contributed by atoms with Crippen LogP contribution in [0.1, 0.15) is 48.4 Å². The average molecular weight is 302 g/mol. The highest BCUT2D eigenvalue weighted by Crippen LogP contribution is 2.40. The predicted molar refractivity (Wildman–Crippen MR) is 86.7 cm³/mol. The van der Waals surface area contributed by atoms with Crippen molar-refractivity contribution in [2.75, 3.05) is 11.9 Å². The van der Waals surface area contributed by atoms with Gasteiger partial charge in [-0.05, 0) is 43.9 Å². The quantitative estimate of drug-likeness (QED) is 0.887. The Kier molecular flexibility index (Phi) is 3.18. The van der Waals surface area contributed by atoms with Gasteiger partial charge in [-0.25, -0.2) is 4.68 Å². The van der Waals surface area contributed by atoms with Gasteiger partial charge in [0, 0.05) is 23.0 Å². The standard InChI is InChI=1S/C17H20ClN3/c1-11-6-7-13(10-15(11)18)21-17-14(8-9-19-17)16(20-21)12-4-2-3-5-12/h6-7,10,12,19H,2-5,8-9H2,1H3. The number of anilines is 1. The molecule has 110 valence electrons. The Labute approximate surface area is 130 Å². The molecule has 1 aliphatic carbocycles. The first-order chi connectivity index (χ1) is 10.2. The maximum Gasteiger partial charge on any atom is 0.133 e. The van der Waals surface area contributed by atoms with Gasteiger partial charge in [0.1, 0.15) is 5.82 Å². The summed E-state index contributed by atoms with van der Waals surface area (Å²) in [5.41, 5.74) is 4.91. The molecule has 1 aliphatic heterocycles. The summed E-state index contributed by atoms with van der Waals surface area (Å²) in [5.74, 6) is 1.83. The molecule has 1 aromatic heterocycles. The SMILES string of the molecule is Cc1ccc(-n2nc(C3CCCC3)c3c2NCC3)cc1Cl. The number of halogens is 1. The number of hydrogen-bond acceptors (Lipinski definition) is 2. The number of benzene rings is 1. The van der Waals surface area contributed by atoms with Gasteiger partial charge in [-0.15, -0.1) is 0 Å². The topological polar surface area (TPSA) is 29.9 Å². The lowest BCUT2D eigenvalue weighted by Crippen LogP contribution is -2.06. The van der Waals surface area contributed by atoms with E-state index in [2.05, 4.69) is 22.1 Å². The molecule has 0 unspecified atom stereocenters. The summed E-state index contributed by atoms with van der Waals surface area (Å²) >= 11 is 6.29. The Hall–Kier alpha value is -1.48. The van der Waals surface area contributed by atoms with Crippen LogP contribution in [0.5, 0.6) is 0 Å². The van der Waals surface area contributed by atoms with E-state index >= 15 is 0 Å². The molecule has 0 saturated heterocycles. The molecule has 4 heteroatoms. The van der Waals surface area contributed by atoms with Gasteiger partial charge in [-0.1, -0.05) is 30.5 Å². The van der Waals surface area contributed by atoms with Gasteiger partial charge in [-0.2, -0.15) is 5.10 Å². The van der Waals surface area contributed by atoms with Crippen LogP contribution in [-0.4, -0.2) is 16.3 Å². The molecule has 4 rings (SSSR count). The fourth-order valence-corrected chi connectivity index (χ4v) is 3.80. The van der Waals surface area contributed by atoms with E-state index in [9.17, 15) is 0 Å². The van der Waals surface area contributed by atoms with Gasteiger partial charge >= 0.3 is 0 Å². The molecule has 1 aromatic carbocycles. The largest absolute Gasteiger partial charge is 0.369 e. The molecule has 21 heavy (non-hydrogen) atoms. The van der Waals surface area contributed by atoms with Crippen LogP contribution in [-0.2, 0) is 6.42 Å². The highest BCUT2D eigenvalue weighted by atomic mass is 35.5. The maximum absolute atomic E-state index is 6.29. The van der Waals surface area contributed by atoms with Crippen molar-refractivity contribution >= 4 is 17.4 Å². The van der Waals surface area contributed by atoms with E-state index in [-0.39, 0.29) is 0 Å². The molecule has 0 bridgehead atoms. The molecule has 1 fully saturated rings. The smallest absolute Gasteiger partial charge is 0.133 e. The molecular weight excluding hydrogens is 282 g/mol. The Morgan fingerprint density at radius 3 is 2.86 bits per heavy atom. The molecule has 0 spiro atoms. The summed E-state index contributed by atoms with van der Waals surface area (Å²) in [4.78, 5) is 0. The number of aryl methyl sites for hydroxylation is 1. The minimum Gasteiger partial charge on any atom is -0.369 e. The Balaban J connectivity index is 1.81. The number of nitrogens with one attached hydrogen (secondary N) is 1. The van der Waals surface area contributed by atoms with Crippen molar-refractivity contribution in [3.05, 3.63) is 40.0 Å². The van der Waals surface area contributed by atoms with E-state index in [1.807, 2.05) is 13.0 Å². The average Bonchev–Trinajstić information content (AvgIpc) is 3.17. The van der Waals surface area contributed by atoms with Gasteiger partial charge < -0.3 is 5.32 Å². The second-order valence-corrected chi connectivity index (χ2v) is 6.62. The number of aromatic nitrogens is 2. The van der Waals surface area contributed by atoms with Crippen molar-refractivity contribution in [1.29, 1.82) is 0 Å². The third-order valence-corrected chi connectivity index (χ3v) is 5.23. The van der Waals surface area contributed by atoms with E-state index in [1.54, 1.807) is 0 Å². The normalized spacial score (nSPS) is 18.0. The monoisotopic (exact) mass is 301 g/mol. The fourth-order valence-electron chi connectivity index (χ4n) is 3.63. The van der Waals surface area contributed by atoms with E-state index in [1.165, 1.54) is 42.8 Å². The van der Waals surface area contributed by atoms with Gasteiger partial charge in [0.25, 0.3) is 0 Å². The van der Waals surface area contributed by atoms with Crippen molar-refractivity contribution in [3.8, 4) is 5.69 Å². The molecule has 1 N–H and O–H groups in total. The van der Waals surface area contributed by atoms with Crippen molar-refractivity contribution < 1.29 is 0 Å². The molecule has 2 aromatic rings. The van der Waals surface area contributed by atoms with Crippen molar-refractivity contribution in [2.45, 2.75) is 44.9 Å². The molecule has 3 nitrogen and oxygen atoms in total. The highest BCUT2D eigenvalue weighted by molar-refractivity contribution is 6.31. The molecule has 2 heterocycles. The second kappa shape index (κ2) is 5.06. The lowest BCUT2D eigenvalue weighted by Gasteiger charge is -2.09. The first-order valence-corrected chi connectivity index (χ1v) is 8.24. The van der Waals surface area contributed by atoms with E-state index in [0.29, 0.717) is 5.92 Å². The van der Waals surface area contributed by atoms with Crippen LogP contribution in [0.3, 0.4) is 0 Å². The highest BCUT2D eigenvalue weighted by Gasteiger charge is 2.29. The summed E-state index contributed by atoms with van der Waals surface area (Å²) in [6.45, 7) is 3.05. The summed E-state index contributed by atoms with van der Waals surface area (Å²) in [6.07, 6.45) is 6.36. The molecule has 0 amide bonds. The van der Waals surface area contributed by atoms with Gasteiger partial charge in [0.15, 0.2) is 0 Å². The van der Waals surface area contributed by atoms with Crippen LogP contribution in [0.4, 0.5) is 5.82 Å². The molecule has 2 aliphatic rings. The van der Waals surface area contributed by atoms with Crippen LogP contribution in [0, 0.1) is 6.92 Å². The minimum absolute atomic E-state index is 0.654. The Morgan fingerprint density at radius 2 is 2.10 bits per heavy atom. The summed E-state index contributed by atoms with van der Waals surface area (Å²) in [7, 11) is 0. The lowest BCUT2D eigenvalue weighted by molar-refractivity contribution is 0.670. The van der Waals surface area contributed by atoms with Crippen molar-refractivity contribution in [2.24, 2.45) is 0 Å². The summed E-state index contributed by atoms with van der Waals surface area (Å²) < 4.78 is 2.06.